The van der Waals surface area contributed by atoms with Crippen LogP contribution < -0.4 is 0 Å². The van der Waals surface area contributed by atoms with E-state index in [-0.39, 0.29) is 0 Å². The van der Waals surface area contributed by atoms with E-state index in [0.717, 1.165) is 0 Å². The second kappa shape index (κ2) is 4.85. The minimum atomic E-state index is 0.363. The smallest absolute Gasteiger partial charge is 0.0282 e. The number of hydrogen-bond donors (Lipinski definition) is 0. The minimum Gasteiger partial charge on any atom is -0.0690 e. The van der Waals surface area contributed by atoms with Gasteiger partial charge in [-0.05, 0) is 46.0 Å². The summed E-state index contributed by atoms with van der Waals surface area (Å²) in [4.78, 5) is 0. The van der Waals surface area contributed by atoms with Gasteiger partial charge in [0.1, 0.15) is 0 Å². The monoisotopic (exact) mass is 334 g/mol. The molecular formula is C20H15Br. The maximum Gasteiger partial charge on any atom is 0.0282 e. The summed E-state index contributed by atoms with van der Waals surface area (Å²) in [7, 11) is 0. The SMILES string of the molecule is CC1=CC(c2ccc3ccccc3c2)c2cccc(Br)c21. The third kappa shape index (κ3) is 2.04. The van der Waals surface area contributed by atoms with Crippen molar-refractivity contribution in [3.63, 3.8) is 0 Å². The van der Waals surface area contributed by atoms with E-state index in [9.17, 15) is 0 Å². The zero-order chi connectivity index (χ0) is 14.4. The highest BCUT2D eigenvalue weighted by Gasteiger charge is 2.24. The van der Waals surface area contributed by atoms with Crippen LogP contribution in [0.3, 0.4) is 0 Å². The van der Waals surface area contributed by atoms with E-state index in [1.807, 2.05) is 0 Å². The van der Waals surface area contributed by atoms with Gasteiger partial charge in [-0.25, -0.2) is 0 Å². The molecule has 1 aliphatic rings. The molecule has 3 aromatic carbocycles. The Kier molecular flexibility index (Phi) is 2.97. The first kappa shape index (κ1) is 12.8. The molecule has 0 aliphatic heterocycles. The topological polar surface area (TPSA) is 0 Å². The van der Waals surface area contributed by atoms with Gasteiger partial charge in [-0.2, -0.15) is 0 Å². The second-order valence-corrected chi connectivity index (χ2v) is 6.49. The predicted molar refractivity (Wildman–Crippen MR) is 93.6 cm³/mol. The van der Waals surface area contributed by atoms with E-state index in [1.165, 1.54) is 37.5 Å². The number of rotatable bonds is 1. The normalized spacial score (nSPS) is 16.9. The third-order valence-corrected chi connectivity index (χ3v) is 4.99. The standard InChI is InChI=1S/C20H15Br/c1-13-11-18(17-7-4-8-19(21)20(13)17)16-10-9-14-5-2-3-6-15(14)12-16/h2-12,18H,1H3. The van der Waals surface area contributed by atoms with E-state index >= 15 is 0 Å². The Labute approximate surface area is 133 Å². The van der Waals surface area contributed by atoms with Crippen molar-refractivity contribution in [3.8, 4) is 0 Å². The fourth-order valence-electron chi connectivity index (χ4n) is 3.32. The fraction of sp³-hybridized carbons (Fsp3) is 0.100. The van der Waals surface area contributed by atoms with Gasteiger partial charge in [-0.3, -0.25) is 0 Å². The molecule has 0 heterocycles. The van der Waals surface area contributed by atoms with Gasteiger partial charge in [-0.1, -0.05) is 76.6 Å². The van der Waals surface area contributed by atoms with Crippen molar-refractivity contribution in [2.45, 2.75) is 12.8 Å². The van der Waals surface area contributed by atoms with Crippen molar-refractivity contribution in [3.05, 3.63) is 87.9 Å². The van der Waals surface area contributed by atoms with Crippen molar-refractivity contribution in [2.75, 3.05) is 0 Å². The Balaban J connectivity index is 1.89. The van der Waals surface area contributed by atoms with Crippen molar-refractivity contribution in [2.24, 2.45) is 0 Å². The quantitative estimate of drug-likeness (QED) is 0.500. The highest BCUT2D eigenvalue weighted by molar-refractivity contribution is 9.10. The zero-order valence-corrected chi connectivity index (χ0v) is 13.4. The zero-order valence-electron chi connectivity index (χ0n) is 11.8. The Morgan fingerprint density at radius 3 is 2.52 bits per heavy atom. The number of benzene rings is 3. The summed E-state index contributed by atoms with van der Waals surface area (Å²) in [6, 6.07) is 21.8. The first-order chi connectivity index (χ1) is 10.2. The van der Waals surface area contributed by atoms with Gasteiger partial charge in [-0.15, -0.1) is 0 Å². The molecule has 0 saturated heterocycles. The van der Waals surface area contributed by atoms with Crippen molar-refractivity contribution in [1.29, 1.82) is 0 Å². The van der Waals surface area contributed by atoms with Gasteiger partial charge < -0.3 is 0 Å². The average molecular weight is 335 g/mol. The van der Waals surface area contributed by atoms with Crippen LogP contribution in [0.1, 0.15) is 29.5 Å². The third-order valence-electron chi connectivity index (χ3n) is 4.32. The molecule has 3 aromatic rings. The number of hydrogen-bond acceptors (Lipinski definition) is 0. The van der Waals surface area contributed by atoms with Crippen LogP contribution in [0.2, 0.25) is 0 Å². The fourth-order valence-corrected chi connectivity index (χ4v) is 4.01. The molecule has 0 amide bonds. The van der Waals surface area contributed by atoms with Crippen LogP contribution in [0.4, 0.5) is 0 Å². The lowest BCUT2D eigenvalue weighted by Crippen LogP contribution is -1.96. The van der Waals surface area contributed by atoms with Crippen molar-refractivity contribution >= 4 is 32.3 Å². The molecule has 1 heteroatoms. The summed E-state index contributed by atoms with van der Waals surface area (Å²) in [6.07, 6.45) is 2.37. The van der Waals surface area contributed by atoms with Crippen LogP contribution in [-0.2, 0) is 0 Å². The van der Waals surface area contributed by atoms with Gasteiger partial charge >= 0.3 is 0 Å². The van der Waals surface area contributed by atoms with Crippen LogP contribution in [-0.4, -0.2) is 0 Å². The van der Waals surface area contributed by atoms with Gasteiger partial charge in [0.25, 0.3) is 0 Å². The molecule has 0 spiro atoms. The maximum absolute atomic E-state index is 3.69. The second-order valence-electron chi connectivity index (χ2n) is 5.64. The van der Waals surface area contributed by atoms with Gasteiger partial charge in [0, 0.05) is 10.4 Å². The Morgan fingerprint density at radius 2 is 1.67 bits per heavy atom. The first-order valence-corrected chi connectivity index (χ1v) is 7.99. The molecule has 0 nitrogen and oxygen atoms in total. The molecule has 21 heavy (non-hydrogen) atoms. The molecule has 1 atom stereocenters. The summed E-state index contributed by atoms with van der Waals surface area (Å²) >= 11 is 3.69. The van der Waals surface area contributed by atoms with Gasteiger partial charge in [0.15, 0.2) is 0 Å². The summed E-state index contributed by atoms with van der Waals surface area (Å²) in [5, 5.41) is 2.61. The summed E-state index contributed by atoms with van der Waals surface area (Å²) in [5.41, 5.74) is 5.48. The van der Waals surface area contributed by atoms with Crippen LogP contribution in [0.15, 0.2) is 71.2 Å². The summed E-state index contributed by atoms with van der Waals surface area (Å²) in [6.45, 7) is 2.20. The molecule has 1 aliphatic carbocycles. The highest BCUT2D eigenvalue weighted by atomic mass is 79.9. The molecule has 0 N–H and O–H groups in total. The molecule has 0 saturated carbocycles. The molecule has 0 aromatic heterocycles. The minimum absolute atomic E-state index is 0.363. The van der Waals surface area contributed by atoms with Crippen LogP contribution in [0.25, 0.3) is 16.3 Å². The average Bonchev–Trinajstić information content (AvgIpc) is 2.85. The van der Waals surface area contributed by atoms with Gasteiger partial charge in [0.2, 0.25) is 0 Å². The maximum atomic E-state index is 3.69. The molecule has 0 bridgehead atoms. The number of halogens is 1. The lowest BCUT2D eigenvalue weighted by molar-refractivity contribution is 1.05. The largest absolute Gasteiger partial charge is 0.0690 e. The van der Waals surface area contributed by atoms with E-state index in [1.54, 1.807) is 0 Å². The van der Waals surface area contributed by atoms with E-state index in [2.05, 4.69) is 89.6 Å². The molecule has 4 rings (SSSR count). The number of fused-ring (bicyclic) bond motifs is 2. The molecule has 102 valence electrons. The van der Waals surface area contributed by atoms with E-state index in [4.69, 9.17) is 0 Å². The summed E-state index contributed by atoms with van der Waals surface area (Å²) in [5.74, 6) is 0.363. The van der Waals surface area contributed by atoms with Crippen LogP contribution >= 0.6 is 15.9 Å². The van der Waals surface area contributed by atoms with Gasteiger partial charge in [0.05, 0.1) is 0 Å². The lowest BCUT2D eigenvalue weighted by Gasteiger charge is -2.13. The first-order valence-electron chi connectivity index (χ1n) is 7.20. The van der Waals surface area contributed by atoms with Crippen molar-refractivity contribution < 1.29 is 0 Å². The molecule has 0 radical (unpaired) electrons. The highest BCUT2D eigenvalue weighted by Crippen LogP contribution is 2.43. The Hall–Kier alpha value is -1.86. The number of allylic oxidation sites excluding steroid dienone is 2. The molecular weight excluding hydrogens is 320 g/mol. The Morgan fingerprint density at radius 1 is 0.857 bits per heavy atom. The lowest BCUT2D eigenvalue weighted by atomic mass is 9.91. The van der Waals surface area contributed by atoms with E-state index < -0.39 is 0 Å². The van der Waals surface area contributed by atoms with Crippen LogP contribution in [0, 0.1) is 0 Å². The van der Waals surface area contributed by atoms with E-state index in [0.29, 0.717) is 5.92 Å². The molecule has 0 fully saturated rings. The summed E-state index contributed by atoms with van der Waals surface area (Å²) < 4.78 is 1.19. The Bertz CT molecular complexity index is 874. The van der Waals surface area contributed by atoms with Crippen molar-refractivity contribution in [1.82, 2.24) is 0 Å². The predicted octanol–water partition coefficient (Wildman–Crippen LogP) is 6.15. The van der Waals surface area contributed by atoms with Crippen LogP contribution in [0.5, 0.6) is 0 Å². The molecule has 1 unspecified atom stereocenters.